The first-order chi connectivity index (χ1) is 18.7. The van der Waals surface area contributed by atoms with Gasteiger partial charge in [0.2, 0.25) is 0 Å². The van der Waals surface area contributed by atoms with Crippen molar-refractivity contribution in [3.8, 4) is 22.8 Å². The lowest BCUT2D eigenvalue weighted by molar-refractivity contribution is -0.137. The quantitative estimate of drug-likeness (QED) is 0.228. The van der Waals surface area contributed by atoms with Crippen molar-refractivity contribution in [2.45, 2.75) is 25.4 Å². The number of ether oxygens (including phenoxy) is 1. The van der Waals surface area contributed by atoms with E-state index in [0.29, 0.717) is 30.2 Å². The van der Waals surface area contributed by atoms with Crippen molar-refractivity contribution in [3.63, 3.8) is 0 Å². The van der Waals surface area contributed by atoms with Crippen LogP contribution < -0.4 is 20.3 Å². The van der Waals surface area contributed by atoms with Crippen LogP contribution in [0.3, 0.4) is 0 Å². The number of nitrogens with zero attached hydrogens (tertiary/aromatic N) is 3. The summed E-state index contributed by atoms with van der Waals surface area (Å²) in [6.45, 7) is 1.27. The molecule has 1 aliphatic rings. The Labute approximate surface area is 221 Å². The van der Waals surface area contributed by atoms with E-state index in [1.807, 2.05) is 4.90 Å². The fraction of sp³-hybridized carbons (Fsp3) is 0.222. The Morgan fingerprint density at radius 1 is 0.974 bits per heavy atom. The minimum Gasteiger partial charge on any atom is -0.457 e. The molecule has 4 aromatic rings. The number of aromatic nitrogens is 3. The van der Waals surface area contributed by atoms with Gasteiger partial charge in [-0.3, -0.25) is 10.1 Å². The minimum atomic E-state index is -4.59. The maximum absolute atomic E-state index is 14.8. The summed E-state index contributed by atoms with van der Waals surface area (Å²) in [6, 6.07) is 9.64. The lowest BCUT2D eigenvalue weighted by atomic mass is 10.1. The number of hydrogen-bond acceptors (Lipinski definition) is 5. The monoisotopic (exact) mass is 540 g/mol. The molecule has 0 bridgehead atoms. The average molecular weight is 541 g/mol. The summed E-state index contributed by atoms with van der Waals surface area (Å²) in [5.41, 5.74) is 0.641. The standard InChI is InChI=1S/C27H24F4N6O2/c28-23-13-21(39-22-6-7-32-25(14-22)17-15-33-34-16-17)4-5-24(23)36-26(38)35-19-10-18(27(29,30)31)11-20(12-19)37-8-2-1-3-9-37/h4-7,10-16H,1-3,8-9H2,(H,33,34)(H2,35,36,38). The number of rotatable bonds is 6. The van der Waals surface area contributed by atoms with Gasteiger partial charge in [-0.15, -0.1) is 0 Å². The van der Waals surface area contributed by atoms with Crippen LogP contribution in [0.5, 0.6) is 11.5 Å². The Kier molecular flexibility index (Phi) is 7.35. The highest BCUT2D eigenvalue weighted by Gasteiger charge is 2.32. The van der Waals surface area contributed by atoms with E-state index in [1.54, 1.807) is 30.7 Å². The second-order valence-corrected chi connectivity index (χ2v) is 9.00. The number of aromatic amines is 1. The Balaban J connectivity index is 1.27. The molecule has 1 fully saturated rings. The SMILES string of the molecule is O=C(Nc1cc(N2CCCCC2)cc(C(F)(F)F)c1)Nc1ccc(Oc2ccnc(-c3cn[nH]c3)c2)cc1F. The molecule has 2 aromatic heterocycles. The lowest BCUT2D eigenvalue weighted by Crippen LogP contribution is -2.30. The number of carbonyl (C=O) groups excluding carboxylic acids is 1. The third-order valence-corrected chi connectivity index (χ3v) is 6.17. The molecule has 0 radical (unpaired) electrons. The molecule has 2 aromatic carbocycles. The van der Waals surface area contributed by atoms with Gasteiger partial charge in [-0.25, -0.2) is 9.18 Å². The van der Waals surface area contributed by atoms with Crippen molar-refractivity contribution in [2.24, 2.45) is 0 Å². The molecule has 1 aliphatic heterocycles. The van der Waals surface area contributed by atoms with Crippen LogP contribution in [0.2, 0.25) is 0 Å². The number of urea groups is 1. The first-order valence-corrected chi connectivity index (χ1v) is 12.2. The number of benzene rings is 2. The van der Waals surface area contributed by atoms with E-state index in [-0.39, 0.29) is 17.1 Å². The summed E-state index contributed by atoms with van der Waals surface area (Å²) in [5, 5.41) is 11.3. The molecule has 0 aliphatic carbocycles. The highest BCUT2D eigenvalue weighted by molar-refractivity contribution is 6.00. The number of carbonyl (C=O) groups is 1. The Bertz CT molecular complexity index is 1450. The number of halogens is 4. The van der Waals surface area contributed by atoms with Gasteiger partial charge < -0.3 is 20.3 Å². The van der Waals surface area contributed by atoms with Crippen molar-refractivity contribution in [3.05, 3.63) is 78.5 Å². The third-order valence-electron chi connectivity index (χ3n) is 6.17. The fourth-order valence-electron chi connectivity index (χ4n) is 4.29. The van der Waals surface area contributed by atoms with Crippen LogP contribution in [0.4, 0.5) is 39.4 Å². The largest absolute Gasteiger partial charge is 0.457 e. The Hall–Kier alpha value is -4.61. The van der Waals surface area contributed by atoms with Crippen molar-refractivity contribution in [1.29, 1.82) is 0 Å². The smallest absolute Gasteiger partial charge is 0.416 e. The Morgan fingerprint density at radius 2 is 1.77 bits per heavy atom. The summed E-state index contributed by atoms with van der Waals surface area (Å²) in [7, 11) is 0. The summed E-state index contributed by atoms with van der Waals surface area (Å²) in [4.78, 5) is 18.7. The van der Waals surface area contributed by atoms with Crippen molar-refractivity contribution < 1.29 is 27.1 Å². The van der Waals surface area contributed by atoms with Gasteiger partial charge >= 0.3 is 12.2 Å². The summed E-state index contributed by atoms with van der Waals surface area (Å²) in [6.07, 6.45) is 3.01. The number of H-pyrrole nitrogens is 1. The van der Waals surface area contributed by atoms with Crippen LogP contribution in [0.15, 0.2) is 67.1 Å². The molecule has 0 saturated carbocycles. The van der Waals surface area contributed by atoms with Gasteiger partial charge in [-0.1, -0.05) is 0 Å². The summed E-state index contributed by atoms with van der Waals surface area (Å²) < 4.78 is 61.1. The maximum atomic E-state index is 14.8. The van der Waals surface area contributed by atoms with Crippen LogP contribution in [0.1, 0.15) is 24.8 Å². The van der Waals surface area contributed by atoms with Gasteiger partial charge in [0.05, 0.1) is 23.1 Å². The molecular formula is C27H24F4N6O2. The predicted octanol–water partition coefficient (Wildman–Crippen LogP) is 7.06. The molecule has 5 rings (SSSR count). The molecule has 1 saturated heterocycles. The highest BCUT2D eigenvalue weighted by Crippen LogP contribution is 2.35. The predicted molar refractivity (Wildman–Crippen MR) is 138 cm³/mol. The van der Waals surface area contributed by atoms with Crippen LogP contribution in [-0.2, 0) is 6.18 Å². The number of amides is 2. The first kappa shape index (κ1) is 26.0. The van der Waals surface area contributed by atoms with E-state index in [9.17, 15) is 22.4 Å². The van der Waals surface area contributed by atoms with Crippen molar-refractivity contribution in [2.75, 3.05) is 28.6 Å². The molecule has 12 heteroatoms. The van der Waals surface area contributed by atoms with Crippen LogP contribution in [0.25, 0.3) is 11.3 Å². The number of hydrogen-bond donors (Lipinski definition) is 3. The van der Waals surface area contributed by atoms with E-state index in [2.05, 4.69) is 25.8 Å². The topological polar surface area (TPSA) is 95.2 Å². The van der Waals surface area contributed by atoms with E-state index in [1.165, 1.54) is 18.2 Å². The van der Waals surface area contributed by atoms with E-state index < -0.39 is 23.6 Å². The van der Waals surface area contributed by atoms with Crippen LogP contribution in [-0.4, -0.2) is 34.3 Å². The van der Waals surface area contributed by atoms with E-state index in [4.69, 9.17) is 4.74 Å². The zero-order valence-corrected chi connectivity index (χ0v) is 20.6. The molecule has 8 nitrogen and oxygen atoms in total. The average Bonchev–Trinajstić information content (AvgIpc) is 3.46. The minimum absolute atomic E-state index is 0.0469. The zero-order valence-electron chi connectivity index (χ0n) is 20.6. The molecule has 0 spiro atoms. The second kappa shape index (κ2) is 11.0. The number of piperidine rings is 1. The van der Waals surface area contributed by atoms with Gasteiger partial charge in [-0.2, -0.15) is 18.3 Å². The molecule has 39 heavy (non-hydrogen) atoms. The first-order valence-electron chi connectivity index (χ1n) is 12.2. The maximum Gasteiger partial charge on any atom is 0.416 e. The third kappa shape index (κ3) is 6.46. The highest BCUT2D eigenvalue weighted by atomic mass is 19.4. The van der Waals surface area contributed by atoms with Gasteiger partial charge in [0.25, 0.3) is 0 Å². The molecular weight excluding hydrogens is 516 g/mol. The summed E-state index contributed by atoms with van der Waals surface area (Å²) in [5.74, 6) is -0.204. The van der Waals surface area contributed by atoms with E-state index in [0.717, 1.165) is 43.0 Å². The van der Waals surface area contributed by atoms with E-state index >= 15 is 0 Å². The number of alkyl halides is 3. The molecule has 0 atom stereocenters. The molecule has 0 unspecified atom stereocenters. The normalized spacial score (nSPS) is 13.7. The number of pyridine rings is 1. The lowest BCUT2D eigenvalue weighted by Gasteiger charge is -2.29. The summed E-state index contributed by atoms with van der Waals surface area (Å²) >= 11 is 0. The molecule has 3 N–H and O–H groups in total. The molecule has 2 amide bonds. The Morgan fingerprint density at radius 3 is 2.49 bits per heavy atom. The van der Waals surface area contributed by atoms with Gasteiger partial charge in [0.1, 0.15) is 17.3 Å². The number of anilines is 3. The zero-order chi connectivity index (χ0) is 27.4. The molecule has 3 heterocycles. The fourth-order valence-corrected chi connectivity index (χ4v) is 4.29. The van der Waals surface area contributed by atoms with Crippen molar-refractivity contribution >= 4 is 23.1 Å². The van der Waals surface area contributed by atoms with Crippen LogP contribution in [0, 0.1) is 5.82 Å². The molecule has 202 valence electrons. The number of nitrogens with one attached hydrogen (secondary N) is 3. The van der Waals surface area contributed by atoms with Gasteiger partial charge in [0.15, 0.2) is 0 Å². The van der Waals surface area contributed by atoms with Crippen LogP contribution >= 0.6 is 0 Å². The van der Waals surface area contributed by atoms with Crippen molar-refractivity contribution in [1.82, 2.24) is 15.2 Å². The van der Waals surface area contributed by atoms with Gasteiger partial charge in [0, 0.05) is 54.6 Å². The second-order valence-electron chi connectivity index (χ2n) is 9.00. The van der Waals surface area contributed by atoms with Gasteiger partial charge in [-0.05, 0) is 55.7 Å².